The van der Waals surface area contributed by atoms with E-state index in [0.29, 0.717) is 13.1 Å². The third kappa shape index (κ3) is 7.63. The van der Waals surface area contributed by atoms with E-state index in [-0.39, 0.29) is 17.4 Å². The first-order valence-corrected chi connectivity index (χ1v) is 7.15. The molecular weight excluding hydrogens is 280 g/mol. The summed E-state index contributed by atoms with van der Waals surface area (Å²) >= 11 is 1.16. The summed E-state index contributed by atoms with van der Waals surface area (Å²) in [5.41, 5.74) is 0. The molecule has 112 valence electrons. The Balaban J connectivity index is 4.27. The van der Waals surface area contributed by atoms with Crippen molar-refractivity contribution in [2.24, 2.45) is 0 Å². The number of amides is 2. The van der Waals surface area contributed by atoms with Crippen LogP contribution in [0.1, 0.15) is 6.92 Å². The minimum Gasteiger partial charge on any atom is -0.480 e. The lowest BCUT2D eigenvalue weighted by atomic mass is 10.3. The van der Waals surface area contributed by atoms with Crippen LogP contribution in [0.2, 0.25) is 0 Å². The lowest BCUT2D eigenvalue weighted by Gasteiger charge is -2.19. The van der Waals surface area contributed by atoms with Gasteiger partial charge in [0, 0.05) is 25.8 Å². The van der Waals surface area contributed by atoms with E-state index in [4.69, 9.17) is 5.11 Å². The topological polar surface area (TPSA) is 86.7 Å². The molecule has 2 N–H and O–H groups in total. The van der Waals surface area contributed by atoms with E-state index in [9.17, 15) is 14.4 Å². The molecule has 0 radical (unpaired) electrons. The highest BCUT2D eigenvalue weighted by molar-refractivity contribution is 8.00. The fourth-order valence-electron chi connectivity index (χ4n) is 1.37. The maximum atomic E-state index is 11.9. The molecular formula is C13H20N2O4S. The average Bonchev–Trinajstić information content (AvgIpc) is 2.36. The molecule has 0 aromatic rings. The van der Waals surface area contributed by atoms with Crippen molar-refractivity contribution in [3.05, 3.63) is 25.3 Å². The van der Waals surface area contributed by atoms with Crippen molar-refractivity contribution in [1.29, 1.82) is 0 Å². The SMILES string of the molecule is C=CCN(CC=C)C(=O)CSC[C@H](NC(C)=O)C(=O)O. The van der Waals surface area contributed by atoms with Crippen LogP contribution in [0, 0.1) is 0 Å². The number of carboxylic acid groups (broad SMARTS) is 1. The second-order valence-corrected chi connectivity index (χ2v) is 5.01. The zero-order chi connectivity index (χ0) is 15.5. The average molecular weight is 300 g/mol. The van der Waals surface area contributed by atoms with Crippen LogP contribution in [-0.4, -0.2) is 58.4 Å². The molecule has 0 rings (SSSR count). The van der Waals surface area contributed by atoms with Crippen LogP contribution in [0.4, 0.5) is 0 Å². The van der Waals surface area contributed by atoms with Crippen LogP contribution in [0.25, 0.3) is 0 Å². The summed E-state index contributed by atoms with van der Waals surface area (Å²) in [5, 5.41) is 11.2. The van der Waals surface area contributed by atoms with E-state index >= 15 is 0 Å². The Morgan fingerprint density at radius 2 is 1.85 bits per heavy atom. The first-order valence-electron chi connectivity index (χ1n) is 5.99. The van der Waals surface area contributed by atoms with E-state index < -0.39 is 17.9 Å². The quantitative estimate of drug-likeness (QED) is 0.574. The van der Waals surface area contributed by atoms with Crippen molar-refractivity contribution in [3.8, 4) is 0 Å². The largest absolute Gasteiger partial charge is 0.480 e. The van der Waals surface area contributed by atoms with Crippen LogP contribution < -0.4 is 5.32 Å². The molecule has 0 fully saturated rings. The number of hydrogen-bond acceptors (Lipinski definition) is 4. The molecule has 0 aliphatic carbocycles. The number of carbonyl (C=O) groups is 3. The third-order valence-electron chi connectivity index (χ3n) is 2.24. The van der Waals surface area contributed by atoms with Gasteiger partial charge in [-0.05, 0) is 0 Å². The van der Waals surface area contributed by atoms with Gasteiger partial charge in [-0.3, -0.25) is 9.59 Å². The molecule has 0 aromatic carbocycles. The van der Waals surface area contributed by atoms with Crippen molar-refractivity contribution >= 4 is 29.5 Å². The fourth-order valence-corrected chi connectivity index (χ4v) is 2.30. The molecule has 20 heavy (non-hydrogen) atoms. The van der Waals surface area contributed by atoms with Crippen molar-refractivity contribution < 1.29 is 19.5 Å². The van der Waals surface area contributed by atoms with Crippen molar-refractivity contribution in [2.45, 2.75) is 13.0 Å². The van der Waals surface area contributed by atoms with Crippen LogP contribution >= 0.6 is 11.8 Å². The van der Waals surface area contributed by atoms with Crippen LogP contribution in [-0.2, 0) is 14.4 Å². The lowest BCUT2D eigenvalue weighted by Crippen LogP contribution is -2.42. The first-order chi connectivity index (χ1) is 9.42. The van der Waals surface area contributed by atoms with Crippen LogP contribution in [0.3, 0.4) is 0 Å². The second kappa shape index (κ2) is 10.1. The normalized spacial score (nSPS) is 11.2. The minimum atomic E-state index is -1.12. The smallest absolute Gasteiger partial charge is 0.327 e. The van der Waals surface area contributed by atoms with E-state index in [1.807, 2.05) is 0 Å². The molecule has 7 heteroatoms. The van der Waals surface area contributed by atoms with Gasteiger partial charge < -0.3 is 15.3 Å². The molecule has 0 bridgehead atoms. The predicted octanol–water partition coefficient (Wildman–Crippen LogP) is 0.509. The van der Waals surface area contributed by atoms with Gasteiger partial charge in [-0.25, -0.2) is 4.79 Å². The third-order valence-corrected chi connectivity index (χ3v) is 3.26. The van der Waals surface area contributed by atoms with Crippen molar-refractivity contribution in [1.82, 2.24) is 10.2 Å². The zero-order valence-electron chi connectivity index (χ0n) is 11.5. The van der Waals surface area contributed by atoms with Gasteiger partial charge in [-0.15, -0.1) is 24.9 Å². The Hall–Kier alpha value is -1.76. The highest BCUT2D eigenvalue weighted by Crippen LogP contribution is 2.06. The summed E-state index contributed by atoms with van der Waals surface area (Å²) in [7, 11) is 0. The molecule has 0 heterocycles. The molecule has 0 saturated heterocycles. The Morgan fingerprint density at radius 1 is 1.30 bits per heavy atom. The summed E-state index contributed by atoms with van der Waals surface area (Å²) < 4.78 is 0. The summed E-state index contributed by atoms with van der Waals surface area (Å²) in [5.74, 6) is -1.37. The maximum Gasteiger partial charge on any atom is 0.327 e. The number of thioether (sulfide) groups is 1. The lowest BCUT2D eigenvalue weighted by molar-refractivity contribution is -0.140. The molecule has 0 aromatic heterocycles. The Bertz CT molecular complexity index is 375. The molecule has 0 saturated carbocycles. The molecule has 6 nitrogen and oxygen atoms in total. The minimum absolute atomic E-state index is 0.123. The Kier molecular flexibility index (Phi) is 9.19. The van der Waals surface area contributed by atoms with E-state index in [1.54, 1.807) is 17.1 Å². The number of hydrogen-bond donors (Lipinski definition) is 2. The summed E-state index contributed by atoms with van der Waals surface area (Å²) in [6.45, 7) is 9.22. The molecule has 0 spiro atoms. The highest BCUT2D eigenvalue weighted by Gasteiger charge is 2.19. The molecule has 0 aliphatic heterocycles. The number of nitrogens with one attached hydrogen (secondary N) is 1. The summed E-state index contributed by atoms with van der Waals surface area (Å²) in [6, 6.07) is -0.988. The predicted molar refractivity (Wildman–Crippen MR) is 79.5 cm³/mol. The van der Waals surface area contributed by atoms with Crippen molar-refractivity contribution in [2.75, 3.05) is 24.6 Å². The number of aliphatic carboxylic acids is 1. The van der Waals surface area contributed by atoms with Gasteiger partial charge in [0.15, 0.2) is 0 Å². The standard InChI is InChI=1S/C13H20N2O4S/c1-4-6-15(7-5-2)12(17)9-20-8-11(13(18)19)14-10(3)16/h4-5,11H,1-2,6-9H2,3H3,(H,14,16)(H,18,19)/t11-/m0/s1. The summed E-state index contributed by atoms with van der Waals surface area (Å²) in [6.07, 6.45) is 3.23. The van der Waals surface area contributed by atoms with Gasteiger partial charge in [0.25, 0.3) is 0 Å². The van der Waals surface area contributed by atoms with E-state index in [2.05, 4.69) is 18.5 Å². The molecule has 2 amide bonds. The van der Waals surface area contributed by atoms with Gasteiger partial charge in [0.1, 0.15) is 6.04 Å². The van der Waals surface area contributed by atoms with Gasteiger partial charge >= 0.3 is 5.97 Å². The van der Waals surface area contributed by atoms with Crippen LogP contribution in [0.15, 0.2) is 25.3 Å². The number of carbonyl (C=O) groups excluding carboxylic acids is 2. The number of carboxylic acids is 1. The van der Waals surface area contributed by atoms with Gasteiger partial charge in [0.2, 0.25) is 11.8 Å². The van der Waals surface area contributed by atoms with E-state index in [1.165, 1.54) is 6.92 Å². The fraction of sp³-hybridized carbons (Fsp3) is 0.462. The first kappa shape index (κ1) is 18.2. The second-order valence-electron chi connectivity index (χ2n) is 3.98. The van der Waals surface area contributed by atoms with Crippen LogP contribution in [0.5, 0.6) is 0 Å². The maximum absolute atomic E-state index is 11.9. The Morgan fingerprint density at radius 3 is 2.25 bits per heavy atom. The molecule has 1 atom stereocenters. The zero-order valence-corrected chi connectivity index (χ0v) is 12.3. The number of rotatable bonds is 10. The summed E-state index contributed by atoms with van der Waals surface area (Å²) in [4.78, 5) is 35.2. The van der Waals surface area contributed by atoms with Gasteiger partial charge in [-0.1, -0.05) is 12.2 Å². The van der Waals surface area contributed by atoms with Gasteiger partial charge in [-0.2, -0.15) is 0 Å². The van der Waals surface area contributed by atoms with Crippen molar-refractivity contribution in [3.63, 3.8) is 0 Å². The number of nitrogens with zero attached hydrogens (tertiary/aromatic N) is 1. The van der Waals surface area contributed by atoms with E-state index in [0.717, 1.165) is 11.8 Å². The molecule has 0 aliphatic rings. The monoisotopic (exact) mass is 300 g/mol. The Labute approximate surface area is 122 Å². The molecule has 0 unspecified atom stereocenters. The highest BCUT2D eigenvalue weighted by atomic mass is 32.2. The van der Waals surface area contributed by atoms with Gasteiger partial charge in [0.05, 0.1) is 5.75 Å².